The van der Waals surface area contributed by atoms with Crippen LogP contribution in [-0.4, -0.2) is 37.2 Å². The second kappa shape index (κ2) is 6.89. The molecule has 1 aromatic rings. The predicted octanol–water partition coefficient (Wildman–Crippen LogP) is 2.32. The van der Waals surface area contributed by atoms with E-state index in [1.54, 1.807) is 25.3 Å². The third-order valence-electron chi connectivity index (χ3n) is 3.90. The van der Waals surface area contributed by atoms with Crippen LogP contribution in [0.1, 0.15) is 37.0 Å². The Morgan fingerprint density at radius 3 is 2.57 bits per heavy atom. The molecule has 0 radical (unpaired) electrons. The van der Waals surface area contributed by atoms with Crippen molar-refractivity contribution in [3.63, 3.8) is 0 Å². The Kier molecular flexibility index (Phi) is 5.13. The monoisotopic (exact) mass is 321 g/mol. The van der Waals surface area contributed by atoms with E-state index in [-0.39, 0.29) is 12.5 Å². The minimum Gasteiger partial charge on any atom is -0.497 e. The second-order valence-corrected chi connectivity index (χ2v) is 6.34. The topological polar surface area (TPSA) is 84.9 Å². The Balaban J connectivity index is 2.10. The highest BCUT2D eigenvalue weighted by molar-refractivity contribution is 5.97. The van der Waals surface area contributed by atoms with Crippen molar-refractivity contribution in [2.24, 2.45) is 11.3 Å². The Morgan fingerprint density at radius 2 is 2.04 bits per heavy atom. The van der Waals surface area contributed by atoms with Gasteiger partial charge in [-0.25, -0.2) is 0 Å². The van der Waals surface area contributed by atoms with E-state index in [0.717, 1.165) is 0 Å². The first-order valence-electron chi connectivity index (χ1n) is 7.70. The highest BCUT2D eigenvalue weighted by Crippen LogP contribution is 2.45. The number of rotatable bonds is 8. The van der Waals surface area contributed by atoms with Crippen LogP contribution in [-0.2, 0) is 4.79 Å². The van der Waals surface area contributed by atoms with Crippen LogP contribution in [0.15, 0.2) is 18.2 Å². The lowest BCUT2D eigenvalue weighted by atomic mass is 10.1. The average Bonchev–Trinajstić information content (AvgIpc) is 3.31. The molecule has 23 heavy (non-hydrogen) atoms. The number of hydrogen-bond donors (Lipinski definition) is 2. The number of methoxy groups -OCH3 is 1. The van der Waals surface area contributed by atoms with Gasteiger partial charge in [0, 0.05) is 12.6 Å². The van der Waals surface area contributed by atoms with Gasteiger partial charge in [0.15, 0.2) is 0 Å². The van der Waals surface area contributed by atoms with Crippen LogP contribution in [0.3, 0.4) is 0 Å². The van der Waals surface area contributed by atoms with Crippen LogP contribution in [0.25, 0.3) is 0 Å². The Labute approximate surface area is 135 Å². The molecule has 6 heteroatoms. The number of carbonyl (C=O) groups excluding carboxylic acids is 1. The van der Waals surface area contributed by atoms with E-state index in [1.807, 2.05) is 13.8 Å². The lowest BCUT2D eigenvalue weighted by molar-refractivity contribution is -0.143. The SMILES string of the molecule is COc1ccc(C(=O)NCC2(C(=O)O)CC2)c(OCC(C)C)c1. The van der Waals surface area contributed by atoms with Gasteiger partial charge in [-0.2, -0.15) is 0 Å². The molecule has 0 atom stereocenters. The molecule has 0 unspecified atom stereocenters. The fraction of sp³-hybridized carbons (Fsp3) is 0.529. The van der Waals surface area contributed by atoms with E-state index < -0.39 is 11.4 Å². The van der Waals surface area contributed by atoms with E-state index >= 15 is 0 Å². The van der Waals surface area contributed by atoms with Gasteiger partial charge in [0.2, 0.25) is 0 Å². The zero-order chi connectivity index (χ0) is 17.0. The number of benzene rings is 1. The number of carboxylic acids is 1. The molecule has 1 aliphatic carbocycles. The molecule has 2 N–H and O–H groups in total. The highest BCUT2D eigenvalue weighted by atomic mass is 16.5. The minimum absolute atomic E-state index is 0.136. The summed E-state index contributed by atoms with van der Waals surface area (Å²) in [4.78, 5) is 23.5. The fourth-order valence-corrected chi connectivity index (χ4v) is 2.15. The molecule has 126 valence electrons. The third kappa shape index (κ3) is 4.15. The van der Waals surface area contributed by atoms with Crippen molar-refractivity contribution >= 4 is 11.9 Å². The largest absolute Gasteiger partial charge is 0.497 e. The van der Waals surface area contributed by atoms with Crippen LogP contribution in [0.2, 0.25) is 0 Å². The molecule has 0 bridgehead atoms. The van der Waals surface area contributed by atoms with Crippen LogP contribution >= 0.6 is 0 Å². The smallest absolute Gasteiger partial charge is 0.311 e. The number of amides is 1. The van der Waals surface area contributed by atoms with Gasteiger partial charge in [0.05, 0.1) is 24.7 Å². The van der Waals surface area contributed by atoms with Gasteiger partial charge in [-0.1, -0.05) is 13.8 Å². The van der Waals surface area contributed by atoms with Crippen molar-refractivity contribution in [1.29, 1.82) is 0 Å². The molecule has 0 aromatic heterocycles. The fourth-order valence-electron chi connectivity index (χ4n) is 2.15. The highest BCUT2D eigenvalue weighted by Gasteiger charge is 2.50. The molecule has 1 saturated carbocycles. The van der Waals surface area contributed by atoms with E-state index in [0.29, 0.717) is 42.4 Å². The standard InChI is InChI=1S/C17H23NO5/c1-11(2)9-23-14-8-12(22-3)4-5-13(14)15(19)18-10-17(6-7-17)16(20)21/h4-5,8,11H,6-7,9-10H2,1-3H3,(H,18,19)(H,20,21). The predicted molar refractivity (Wildman–Crippen MR) is 85.0 cm³/mol. The van der Waals surface area contributed by atoms with Crippen LogP contribution in [0.4, 0.5) is 0 Å². The summed E-state index contributed by atoms with van der Waals surface area (Å²) in [5.41, 5.74) is -0.409. The van der Waals surface area contributed by atoms with Gasteiger partial charge in [-0.3, -0.25) is 9.59 Å². The lowest BCUT2D eigenvalue weighted by Crippen LogP contribution is -2.34. The molecule has 2 rings (SSSR count). The molecule has 6 nitrogen and oxygen atoms in total. The summed E-state index contributed by atoms with van der Waals surface area (Å²) in [5.74, 6) is 0.168. The maximum Gasteiger partial charge on any atom is 0.311 e. The zero-order valence-electron chi connectivity index (χ0n) is 13.7. The van der Waals surface area contributed by atoms with Crippen LogP contribution in [0.5, 0.6) is 11.5 Å². The molecule has 0 saturated heterocycles. The van der Waals surface area contributed by atoms with Gasteiger partial charge in [0.1, 0.15) is 11.5 Å². The normalized spacial score (nSPS) is 15.1. The molecule has 0 spiro atoms. The Bertz CT molecular complexity index is 593. The van der Waals surface area contributed by atoms with Crippen molar-refractivity contribution in [2.75, 3.05) is 20.3 Å². The van der Waals surface area contributed by atoms with E-state index in [9.17, 15) is 9.59 Å². The van der Waals surface area contributed by atoms with E-state index in [2.05, 4.69) is 5.32 Å². The molecular weight excluding hydrogens is 298 g/mol. The summed E-state index contributed by atoms with van der Waals surface area (Å²) in [7, 11) is 1.55. The third-order valence-corrected chi connectivity index (χ3v) is 3.90. The Morgan fingerprint density at radius 1 is 1.35 bits per heavy atom. The van der Waals surface area contributed by atoms with E-state index in [1.165, 1.54) is 0 Å². The van der Waals surface area contributed by atoms with E-state index in [4.69, 9.17) is 14.6 Å². The lowest BCUT2D eigenvalue weighted by Gasteiger charge is -2.16. The maximum absolute atomic E-state index is 12.4. The van der Waals surface area contributed by atoms with Gasteiger partial charge >= 0.3 is 5.97 Å². The summed E-state index contributed by atoms with van der Waals surface area (Å²) in [6, 6.07) is 4.98. The van der Waals surface area contributed by atoms with Crippen molar-refractivity contribution < 1.29 is 24.2 Å². The number of ether oxygens (including phenoxy) is 2. The molecule has 1 aliphatic rings. The molecule has 1 aromatic carbocycles. The van der Waals surface area contributed by atoms with Crippen molar-refractivity contribution in [3.8, 4) is 11.5 Å². The number of hydrogen-bond acceptors (Lipinski definition) is 4. The first kappa shape index (κ1) is 17.1. The summed E-state index contributed by atoms with van der Waals surface area (Å²) in [5, 5.41) is 11.9. The number of carboxylic acid groups (broad SMARTS) is 1. The summed E-state index contributed by atoms with van der Waals surface area (Å²) < 4.78 is 10.9. The van der Waals surface area contributed by atoms with Crippen molar-refractivity contribution in [2.45, 2.75) is 26.7 Å². The zero-order valence-corrected chi connectivity index (χ0v) is 13.7. The van der Waals surface area contributed by atoms with Gasteiger partial charge < -0.3 is 19.9 Å². The first-order chi connectivity index (χ1) is 10.9. The van der Waals surface area contributed by atoms with Crippen molar-refractivity contribution in [1.82, 2.24) is 5.32 Å². The van der Waals surface area contributed by atoms with Crippen LogP contribution in [0, 0.1) is 11.3 Å². The average molecular weight is 321 g/mol. The molecule has 1 fully saturated rings. The minimum atomic E-state index is -0.858. The second-order valence-electron chi connectivity index (χ2n) is 6.34. The number of nitrogens with one attached hydrogen (secondary N) is 1. The maximum atomic E-state index is 12.4. The first-order valence-corrected chi connectivity index (χ1v) is 7.70. The quantitative estimate of drug-likeness (QED) is 0.767. The number of aliphatic carboxylic acids is 1. The molecule has 0 aliphatic heterocycles. The van der Waals surface area contributed by atoms with Gasteiger partial charge in [0.25, 0.3) is 5.91 Å². The molecule has 0 heterocycles. The van der Waals surface area contributed by atoms with Gasteiger partial charge in [-0.05, 0) is 30.9 Å². The Hall–Kier alpha value is -2.24. The van der Waals surface area contributed by atoms with Crippen molar-refractivity contribution in [3.05, 3.63) is 23.8 Å². The molecule has 1 amide bonds. The van der Waals surface area contributed by atoms with Crippen LogP contribution < -0.4 is 14.8 Å². The van der Waals surface area contributed by atoms with Gasteiger partial charge in [-0.15, -0.1) is 0 Å². The number of carbonyl (C=O) groups is 2. The summed E-state index contributed by atoms with van der Waals surface area (Å²) in [6.45, 7) is 4.65. The summed E-state index contributed by atoms with van der Waals surface area (Å²) >= 11 is 0. The summed E-state index contributed by atoms with van der Waals surface area (Å²) in [6.07, 6.45) is 1.20. The molecular formula is C17H23NO5.